The molecule has 0 heterocycles. The molecule has 0 aromatic carbocycles. The van der Waals surface area contributed by atoms with Crippen molar-refractivity contribution in [1.82, 2.24) is 0 Å². The van der Waals surface area contributed by atoms with Gasteiger partial charge in [-0.3, -0.25) is 0 Å². The summed E-state index contributed by atoms with van der Waals surface area (Å²) in [6, 6.07) is 0. The molecule has 0 fully saturated rings. The lowest BCUT2D eigenvalue weighted by atomic mass is 10.1. The Bertz CT molecular complexity index is 76.2. The van der Waals surface area contributed by atoms with Crippen molar-refractivity contribution in [2.45, 2.75) is 13.8 Å². The first kappa shape index (κ1) is 7.48. The van der Waals surface area contributed by atoms with Crippen molar-refractivity contribution in [2.24, 2.45) is 5.92 Å². The van der Waals surface area contributed by atoms with Crippen LogP contribution in [0.15, 0.2) is 24.3 Å². The summed E-state index contributed by atoms with van der Waals surface area (Å²) in [5.41, 5.74) is 0. The average molecular weight is 109 g/mol. The van der Waals surface area contributed by atoms with Crippen molar-refractivity contribution >= 4 is 0 Å². The minimum absolute atomic E-state index is 0.539. The Morgan fingerprint density at radius 3 is 2.38 bits per heavy atom. The van der Waals surface area contributed by atoms with E-state index < -0.39 is 0 Å². The molecule has 0 saturated heterocycles. The van der Waals surface area contributed by atoms with E-state index in [1.54, 1.807) is 0 Å². The second-order valence-electron chi connectivity index (χ2n) is 1.81. The van der Waals surface area contributed by atoms with E-state index in [9.17, 15) is 0 Å². The summed E-state index contributed by atoms with van der Waals surface area (Å²) in [5.74, 6) is 0.539. The van der Waals surface area contributed by atoms with E-state index >= 15 is 0 Å². The van der Waals surface area contributed by atoms with E-state index in [2.05, 4.69) is 26.0 Å². The highest BCUT2D eigenvalue weighted by molar-refractivity contribution is 4.98. The molecule has 0 nitrogen and oxygen atoms in total. The van der Waals surface area contributed by atoms with Gasteiger partial charge in [0.1, 0.15) is 0 Å². The first-order valence-electron chi connectivity index (χ1n) is 2.90. The average Bonchev–Trinajstić information content (AvgIpc) is 1.68. The smallest absolute Gasteiger partial charge is 0.00820 e. The van der Waals surface area contributed by atoms with Crippen LogP contribution in [0.5, 0.6) is 0 Å². The molecule has 45 valence electrons. The van der Waals surface area contributed by atoms with Crippen LogP contribution in [-0.2, 0) is 0 Å². The van der Waals surface area contributed by atoms with E-state index in [-0.39, 0.29) is 0 Å². The minimum atomic E-state index is 0.539. The Morgan fingerprint density at radius 2 is 2.00 bits per heavy atom. The Balaban J connectivity index is 3.47. The number of hydrogen-bond acceptors (Lipinski definition) is 0. The topological polar surface area (TPSA) is 0 Å². The maximum Gasteiger partial charge on any atom is -0.00820 e. The van der Waals surface area contributed by atoms with Gasteiger partial charge >= 0.3 is 0 Å². The van der Waals surface area contributed by atoms with Gasteiger partial charge in [-0.1, -0.05) is 31.2 Å². The van der Waals surface area contributed by atoms with Crippen LogP contribution in [0.1, 0.15) is 13.8 Å². The second-order valence-corrected chi connectivity index (χ2v) is 1.81. The van der Waals surface area contributed by atoms with Crippen molar-refractivity contribution < 1.29 is 0 Å². The van der Waals surface area contributed by atoms with Crippen molar-refractivity contribution in [3.05, 3.63) is 31.2 Å². The van der Waals surface area contributed by atoms with Crippen LogP contribution in [0.4, 0.5) is 0 Å². The Kier molecular flexibility index (Phi) is 4.33. The molecule has 0 saturated carbocycles. The van der Waals surface area contributed by atoms with Gasteiger partial charge in [-0.05, 0) is 19.8 Å². The fraction of sp³-hybridized carbons (Fsp3) is 0.375. The normalized spacial score (nSPS) is 12.5. The predicted octanol–water partition coefficient (Wildman–Crippen LogP) is 2.59. The third-order valence-electron chi connectivity index (χ3n) is 0.936. The zero-order valence-corrected chi connectivity index (χ0v) is 5.59. The Labute approximate surface area is 51.9 Å². The van der Waals surface area contributed by atoms with Gasteiger partial charge in [0, 0.05) is 0 Å². The molecular weight excluding hydrogens is 96.1 g/mol. The van der Waals surface area contributed by atoms with Crippen molar-refractivity contribution in [3.63, 3.8) is 0 Å². The van der Waals surface area contributed by atoms with Crippen LogP contribution in [0, 0.1) is 12.8 Å². The van der Waals surface area contributed by atoms with Crippen molar-refractivity contribution in [3.8, 4) is 0 Å². The number of hydrogen-bond donors (Lipinski definition) is 0. The Morgan fingerprint density at radius 1 is 1.38 bits per heavy atom. The van der Waals surface area contributed by atoms with Gasteiger partial charge in [-0.2, -0.15) is 0 Å². The molecule has 0 aromatic heterocycles. The van der Waals surface area contributed by atoms with E-state index in [4.69, 9.17) is 0 Å². The van der Waals surface area contributed by atoms with Gasteiger partial charge in [0.05, 0.1) is 0 Å². The molecule has 8 heavy (non-hydrogen) atoms. The van der Waals surface area contributed by atoms with Crippen LogP contribution >= 0.6 is 0 Å². The van der Waals surface area contributed by atoms with Gasteiger partial charge < -0.3 is 0 Å². The van der Waals surface area contributed by atoms with E-state index in [0.717, 1.165) is 0 Å². The zero-order valence-electron chi connectivity index (χ0n) is 5.59. The standard InChI is InChI=1S/C8H13/c1-4-6-8(3)7-5-2/h4-8H,1H2,2-3H3/b6-4+,7-5+. The maximum absolute atomic E-state index is 3.59. The summed E-state index contributed by atoms with van der Waals surface area (Å²) in [7, 11) is 0. The molecule has 0 N–H and O–H groups in total. The van der Waals surface area contributed by atoms with Gasteiger partial charge in [0.2, 0.25) is 0 Å². The molecule has 1 unspecified atom stereocenters. The Hall–Kier alpha value is -0.520. The minimum Gasteiger partial charge on any atom is -0.0911 e. The molecule has 0 rings (SSSR count). The predicted molar refractivity (Wildman–Crippen MR) is 38.5 cm³/mol. The van der Waals surface area contributed by atoms with Gasteiger partial charge in [-0.25, -0.2) is 0 Å². The maximum atomic E-state index is 3.59. The summed E-state index contributed by atoms with van der Waals surface area (Å²) in [4.78, 5) is 0. The van der Waals surface area contributed by atoms with E-state index in [0.29, 0.717) is 5.92 Å². The molecule has 0 spiro atoms. The summed E-state index contributed by atoms with van der Waals surface area (Å²) >= 11 is 0. The lowest BCUT2D eigenvalue weighted by Gasteiger charge is -1.92. The van der Waals surface area contributed by atoms with Crippen LogP contribution in [0.25, 0.3) is 0 Å². The molecule has 0 aliphatic carbocycles. The first-order chi connectivity index (χ1) is 3.81. The fourth-order valence-corrected chi connectivity index (χ4v) is 0.582. The highest BCUT2D eigenvalue weighted by atomic mass is 13.9. The summed E-state index contributed by atoms with van der Waals surface area (Å²) in [6.45, 7) is 7.74. The third kappa shape index (κ3) is 3.66. The van der Waals surface area contributed by atoms with Crippen LogP contribution in [0.2, 0.25) is 0 Å². The molecule has 1 radical (unpaired) electrons. The van der Waals surface area contributed by atoms with Crippen molar-refractivity contribution in [1.29, 1.82) is 0 Å². The summed E-state index contributed by atoms with van der Waals surface area (Å²) < 4.78 is 0. The lowest BCUT2D eigenvalue weighted by Crippen LogP contribution is -1.78. The quantitative estimate of drug-likeness (QED) is 0.478. The summed E-state index contributed by atoms with van der Waals surface area (Å²) in [6.07, 6.45) is 8.05. The SMILES string of the molecule is [CH2]/C=C/C(C)/C=C/C. The summed E-state index contributed by atoms with van der Waals surface area (Å²) in [5, 5.41) is 0. The monoisotopic (exact) mass is 109 g/mol. The molecule has 0 aromatic rings. The van der Waals surface area contributed by atoms with Crippen LogP contribution in [-0.4, -0.2) is 0 Å². The zero-order chi connectivity index (χ0) is 6.41. The molecule has 0 aliphatic heterocycles. The highest BCUT2D eigenvalue weighted by Gasteiger charge is 1.83. The third-order valence-corrected chi connectivity index (χ3v) is 0.936. The number of allylic oxidation sites excluding steroid dienone is 4. The van der Waals surface area contributed by atoms with Gasteiger partial charge in [-0.15, -0.1) is 0 Å². The number of rotatable bonds is 2. The molecule has 0 amide bonds. The molecule has 0 aliphatic rings. The fourth-order valence-electron chi connectivity index (χ4n) is 0.582. The second kappa shape index (κ2) is 4.63. The van der Waals surface area contributed by atoms with Crippen molar-refractivity contribution in [2.75, 3.05) is 0 Å². The molecule has 0 heteroatoms. The molecular formula is C8H13. The highest BCUT2D eigenvalue weighted by Crippen LogP contribution is 1.97. The lowest BCUT2D eigenvalue weighted by molar-refractivity contribution is 0.937. The molecule has 0 bridgehead atoms. The van der Waals surface area contributed by atoms with Gasteiger partial charge in [0.15, 0.2) is 0 Å². The first-order valence-corrected chi connectivity index (χ1v) is 2.90. The molecule has 1 atom stereocenters. The van der Waals surface area contributed by atoms with E-state index in [1.165, 1.54) is 0 Å². The largest absolute Gasteiger partial charge is 0.0911 e. The van der Waals surface area contributed by atoms with Gasteiger partial charge in [0.25, 0.3) is 0 Å². The van der Waals surface area contributed by atoms with Crippen LogP contribution in [0.3, 0.4) is 0 Å². The van der Waals surface area contributed by atoms with E-state index in [1.807, 2.05) is 19.1 Å². The van der Waals surface area contributed by atoms with Crippen LogP contribution < -0.4 is 0 Å².